The SMILES string of the molecule is CC1CNC(Cc2ccccc2)CN1C1C(C)(C)C1(C)C. The maximum absolute atomic E-state index is 3.74. The molecule has 3 rings (SSSR count). The van der Waals surface area contributed by atoms with Gasteiger partial charge in [-0.3, -0.25) is 4.90 Å². The van der Waals surface area contributed by atoms with E-state index in [4.69, 9.17) is 0 Å². The molecule has 0 spiro atoms. The molecule has 2 aliphatic rings. The lowest BCUT2D eigenvalue weighted by molar-refractivity contribution is 0.110. The van der Waals surface area contributed by atoms with Crippen LogP contribution in [0.3, 0.4) is 0 Å². The zero-order chi connectivity index (χ0) is 15.3. The highest BCUT2D eigenvalue weighted by Crippen LogP contribution is 2.65. The molecule has 0 aromatic heterocycles. The van der Waals surface area contributed by atoms with Crippen LogP contribution in [0, 0.1) is 10.8 Å². The molecule has 0 bridgehead atoms. The first-order valence-electron chi connectivity index (χ1n) is 8.37. The molecular weight excluding hydrogens is 256 g/mol. The minimum Gasteiger partial charge on any atom is -0.311 e. The van der Waals surface area contributed by atoms with Gasteiger partial charge in [0.25, 0.3) is 0 Å². The number of hydrogen-bond acceptors (Lipinski definition) is 2. The zero-order valence-corrected chi connectivity index (χ0v) is 14.2. The molecule has 2 fully saturated rings. The minimum absolute atomic E-state index is 0.440. The minimum atomic E-state index is 0.440. The highest BCUT2D eigenvalue weighted by Gasteiger charge is 2.67. The van der Waals surface area contributed by atoms with E-state index in [1.165, 1.54) is 12.1 Å². The van der Waals surface area contributed by atoms with Crippen LogP contribution in [0.25, 0.3) is 0 Å². The van der Waals surface area contributed by atoms with Gasteiger partial charge in [-0.15, -0.1) is 0 Å². The first-order valence-corrected chi connectivity index (χ1v) is 8.37. The summed E-state index contributed by atoms with van der Waals surface area (Å²) in [7, 11) is 0. The molecular formula is C19H30N2. The quantitative estimate of drug-likeness (QED) is 0.917. The average Bonchev–Trinajstić information content (AvgIpc) is 2.84. The van der Waals surface area contributed by atoms with Crippen molar-refractivity contribution in [2.75, 3.05) is 13.1 Å². The van der Waals surface area contributed by atoms with E-state index in [0.29, 0.717) is 22.9 Å². The third-order valence-electron chi connectivity index (χ3n) is 6.30. The summed E-state index contributed by atoms with van der Waals surface area (Å²) in [6.07, 6.45) is 1.14. The van der Waals surface area contributed by atoms with Crippen molar-refractivity contribution < 1.29 is 0 Å². The second-order valence-corrected chi connectivity index (χ2v) is 8.19. The van der Waals surface area contributed by atoms with Gasteiger partial charge in [-0.25, -0.2) is 0 Å². The molecule has 1 N–H and O–H groups in total. The van der Waals surface area contributed by atoms with Gasteiger partial charge in [0, 0.05) is 31.2 Å². The number of nitrogens with one attached hydrogen (secondary N) is 1. The molecule has 116 valence electrons. The van der Waals surface area contributed by atoms with Crippen molar-refractivity contribution >= 4 is 0 Å². The summed E-state index contributed by atoms with van der Waals surface area (Å²) in [4.78, 5) is 2.77. The topological polar surface area (TPSA) is 15.3 Å². The summed E-state index contributed by atoms with van der Waals surface area (Å²) in [5.41, 5.74) is 2.32. The van der Waals surface area contributed by atoms with Crippen molar-refractivity contribution in [2.45, 2.75) is 59.2 Å². The van der Waals surface area contributed by atoms with Crippen LogP contribution in [0.5, 0.6) is 0 Å². The van der Waals surface area contributed by atoms with Gasteiger partial charge in [0.2, 0.25) is 0 Å². The Labute approximate surface area is 129 Å². The Kier molecular flexibility index (Phi) is 3.66. The maximum Gasteiger partial charge on any atom is 0.0236 e. The average molecular weight is 286 g/mol. The standard InChI is InChI=1S/C19H30N2/c1-14-12-20-16(11-15-9-7-6-8-10-15)13-21(14)17-18(2,3)19(17,4)5/h6-10,14,16-17,20H,11-13H2,1-5H3. The molecule has 1 saturated carbocycles. The van der Waals surface area contributed by atoms with E-state index < -0.39 is 0 Å². The van der Waals surface area contributed by atoms with Gasteiger partial charge < -0.3 is 5.32 Å². The van der Waals surface area contributed by atoms with E-state index in [9.17, 15) is 0 Å². The highest BCUT2D eigenvalue weighted by molar-refractivity contribution is 5.21. The fraction of sp³-hybridized carbons (Fsp3) is 0.684. The lowest BCUT2D eigenvalue weighted by Crippen LogP contribution is -2.57. The molecule has 2 atom stereocenters. The van der Waals surface area contributed by atoms with E-state index in [-0.39, 0.29) is 0 Å². The van der Waals surface area contributed by atoms with Crippen LogP contribution in [-0.2, 0) is 6.42 Å². The third-order valence-corrected chi connectivity index (χ3v) is 6.30. The van der Waals surface area contributed by atoms with Crippen LogP contribution < -0.4 is 5.32 Å². The van der Waals surface area contributed by atoms with E-state index in [1.807, 2.05) is 0 Å². The molecule has 21 heavy (non-hydrogen) atoms. The van der Waals surface area contributed by atoms with Crippen molar-refractivity contribution in [1.29, 1.82) is 0 Å². The Hall–Kier alpha value is -0.860. The largest absolute Gasteiger partial charge is 0.311 e. The lowest BCUT2D eigenvalue weighted by Gasteiger charge is -2.40. The first-order chi connectivity index (χ1) is 9.84. The smallest absolute Gasteiger partial charge is 0.0236 e. The molecule has 1 saturated heterocycles. The Morgan fingerprint density at radius 2 is 1.71 bits per heavy atom. The second-order valence-electron chi connectivity index (χ2n) is 8.19. The van der Waals surface area contributed by atoms with E-state index in [1.54, 1.807) is 0 Å². The van der Waals surface area contributed by atoms with Crippen molar-refractivity contribution in [1.82, 2.24) is 10.2 Å². The predicted molar refractivity (Wildman–Crippen MR) is 89.5 cm³/mol. The molecule has 0 amide bonds. The summed E-state index contributed by atoms with van der Waals surface area (Å²) in [5.74, 6) is 0. The Balaban J connectivity index is 1.69. The van der Waals surface area contributed by atoms with Crippen LogP contribution in [0.4, 0.5) is 0 Å². The van der Waals surface area contributed by atoms with Crippen molar-refractivity contribution in [2.24, 2.45) is 10.8 Å². The van der Waals surface area contributed by atoms with Gasteiger partial charge in [0.15, 0.2) is 0 Å². The van der Waals surface area contributed by atoms with Crippen molar-refractivity contribution in [3.8, 4) is 0 Å². The summed E-state index contributed by atoms with van der Waals surface area (Å²) < 4.78 is 0. The van der Waals surface area contributed by atoms with Gasteiger partial charge in [-0.1, -0.05) is 58.0 Å². The third kappa shape index (κ3) is 2.53. The fourth-order valence-corrected chi connectivity index (χ4v) is 4.34. The number of nitrogens with zero attached hydrogens (tertiary/aromatic N) is 1. The van der Waals surface area contributed by atoms with Crippen LogP contribution >= 0.6 is 0 Å². The molecule has 2 nitrogen and oxygen atoms in total. The highest BCUT2D eigenvalue weighted by atomic mass is 15.3. The van der Waals surface area contributed by atoms with E-state index >= 15 is 0 Å². The molecule has 1 aliphatic carbocycles. The molecule has 1 aromatic carbocycles. The van der Waals surface area contributed by atoms with Crippen molar-refractivity contribution in [3.63, 3.8) is 0 Å². The zero-order valence-electron chi connectivity index (χ0n) is 14.2. The normalized spacial score (nSPS) is 32.0. The van der Waals surface area contributed by atoms with Gasteiger partial charge >= 0.3 is 0 Å². The monoisotopic (exact) mass is 286 g/mol. The Morgan fingerprint density at radius 1 is 1.10 bits per heavy atom. The predicted octanol–water partition coefficient (Wildman–Crippen LogP) is 3.33. The molecule has 1 heterocycles. The van der Waals surface area contributed by atoms with Gasteiger partial charge in [-0.2, -0.15) is 0 Å². The Bertz CT molecular complexity index is 478. The molecule has 2 unspecified atom stereocenters. The first kappa shape index (κ1) is 15.1. The summed E-state index contributed by atoms with van der Waals surface area (Å²) in [6.45, 7) is 14.4. The number of benzene rings is 1. The second kappa shape index (κ2) is 5.10. The fourth-order valence-electron chi connectivity index (χ4n) is 4.34. The Morgan fingerprint density at radius 3 is 2.29 bits per heavy atom. The summed E-state index contributed by atoms with van der Waals surface area (Å²) in [5, 5.41) is 3.74. The molecule has 1 aromatic rings. The maximum atomic E-state index is 3.74. The van der Waals surface area contributed by atoms with Gasteiger partial charge in [0.05, 0.1) is 0 Å². The van der Waals surface area contributed by atoms with Crippen LogP contribution in [0.2, 0.25) is 0 Å². The molecule has 1 aliphatic heterocycles. The van der Waals surface area contributed by atoms with Crippen LogP contribution in [0.15, 0.2) is 30.3 Å². The van der Waals surface area contributed by atoms with E-state index in [0.717, 1.165) is 19.0 Å². The van der Waals surface area contributed by atoms with Gasteiger partial charge in [-0.05, 0) is 29.7 Å². The van der Waals surface area contributed by atoms with Crippen molar-refractivity contribution in [3.05, 3.63) is 35.9 Å². The number of rotatable bonds is 3. The number of piperazine rings is 1. The van der Waals surface area contributed by atoms with Gasteiger partial charge in [0.1, 0.15) is 0 Å². The lowest BCUT2D eigenvalue weighted by atomic mass is 10.0. The van der Waals surface area contributed by atoms with Crippen LogP contribution in [0.1, 0.15) is 40.2 Å². The summed E-state index contributed by atoms with van der Waals surface area (Å²) >= 11 is 0. The van der Waals surface area contributed by atoms with E-state index in [2.05, 4.69) is 75.2 Å². The van der Waals surface area contributed by atoms with Crippen LogP contribution in [-0.4, -0.2) is 36.1 Å². The summed E-state index contributed by atoms with van der Waals surface area (Å²) in [6, 6.07) is 12.8. The molecule has 0 radical (unpaired) electrons. The number of hydrogen-bond donors (Lipinski definition) is 1. The molecule has 2 heteroatoms.